The third-order valence-electron chi connectivity index (χ3n) is 4.01. The highest BCUT2D eigenvalue weighted by Crippen LogP contribution is 2.38. The average molecular weight is 279 g/mol. The summed E-state index contributed by atoms with van der Waals surface area (Å²) in [6, 6.07) is 4.07. The van der Waals surface area contributed by atoms with Crippen LogP contribution in [-0.4, -0.2) is 50.4 Å². The molecule has 1 saturated carbocycles. The molecule has 2 heterocycles. The van der Waals surface area contributed by atoms with Gasteiger partial charge in [0, 0.05) is 25.0 Å². The molecule has 0 bridgehead atoms. The molecule has 1 aromatic heterocycles. The van der Waals surface area contributed by atoms with Crippen molar-refractivity contribution in [2.24, 2.45) is 4.99 Å². The molecule has 0 saturated heterocycles. The van der Waals surface area contributed by atoms with Gasteiger partial charge in [0.15, 0.2) is 0 Å². The number of hydrogen-bond acceptors (Lipinski definition) is 4. The van der Waals surface area contributed by atoms with Gasteiger partial charge in [0.2, 0.25) is 0 Å². The van der Waals surface area contributed by atoms with Crippen LogP contribution in [0.4, 0.5) is 0 Å². The predicted octanol–water partition coefficient (Wildman–Crippen LogP) is 1.63. The minimum atomic E-state index is -1.25. The van der Waals surface area contributed by atoms with E-state index in [2.05, 4.69) is 23.0 Å². The van der Waals surface area contributed by atoms with Crippen molar-refractivity contribution >= 4 is 5.84 Å². The summed E-state index contributed by atoms with van der Waals surface area (Å²) in [5.41, 5.74) is 1.47. The number of nitrogens with zero attached hydrogens (tertiary/aromatic N) is 4. The van der Waals surface area contributed by atoms with E-state index in [1.807, 2.05) is 18.5 Å². The smallest absolute Gasteiger partial charge is 0.352 e. The minimum absolute atomic E-state index is 0.325. The quantitative estimate of drug-likeness (QED) is 0.763. The van der Waals surface area contributed by atoms with Crippen LogP contribution in [0.3, 0.4) is 0 Å². The van der Waals surface area contributed by atoms with Crippen molar-refractivity contribution in [3.8, 4) is 0 Å². The van der Waals surface area contributed by atoms with Crippen LogP contribution in [0.25, 0.3) is 0 Å². The van der Waals surface area contributed by atoms with Crippen LogP contribution < -0.4 is 0 Å². The zero-order chi connectivity index (χ0) is 14.6. The second kappa shape index (κ2) is 5.85. The summed E-state index contributed by atoms with van der Waals surface area (Å²) in [5, 5.41) is 12.5. The average Bonchev–Trinajstić information content (AvgIpc) is 3.01. The maximum absolute atomic E-state index is 8.47. The molecule has 2 aliphatic rings. The number of likely N-dealkylation sites (N-methyl/N-ethyl adjacent to an activating group) is 1. The lowest BCUT2D eigenvalue weighted by molar-refractivity contribution is -0.969. The number of hydrogen-bond donors (Lipinski definition) is 2. The van der Waals surface area contributed by atoms with E-state index in [0.29, 0.717) is 5.54 Å². The minimum Gasteiger partial charge on any atom is -0.352 e. The Balaban J connectivity index is 0.000000328. The molecule has 0 aromatic carbocycles. The highest BCUT2D eigenvalue weighted by Gasteiger charge is 2.42. The van der Waals surface area contributed by atoms with Gasteiger partial charge >= 0.3 is 5.09 Å². The first-order chi connectivity index (χ1) is 9.55. The van der Waals surface area contributed by atoms with Gasteiger partial charge in [-0.1, -0.05) is 12.8 Å². The first-order valence-electron chi connectivity index (χ1n) is 6.59. The lowest BCUT2D eigenvalue weighted by Gasteiger charge is -2.33. The molecule has 0 amide bonds. The molecule has 7 heteroatoms. The Labute approximate surface area is 117 Å². The Bertz CT molecular complexity index is 494. The van der Waals surface area contributed by atoms with E-state index in [0.717, 1.165) is 17.9 Å². The fraction of sp³-hybridized carbons (Fsp3) is 0.538. The third-order valence-corrected chi connectivity index (χ3v) is 4.01. The Morgan fingerprint density at radius 2 is 2.00 bits per heavy atom. The Hall–Kier alpha value is -2.18. The number of rotatable bonds is 1. The van der Waals surface area contributed by atoms with Crippen LogP contribution >= 0.6 is 0 Å². The Morgan fingerprint density at radius 3 is 2.55 bits per heavy atom. The van der Waals surface area contributed by atoms with Crippen LogP contribution in [0.5, 0.6) is 0 Å². The molecule has 0 radical (unpaired) electrons. The van der Waals surface area contributed by atoms with E-state index >= 15 is 0 Å². The molecule has 1 fully saturated rings. The van der Waals surface area contributed by atoms with Crippen LogP contribution in [0.15, 0.2) is 29.5 Å². The van der Waals surface area contributed by atoms with Gasteiger partial charge in [-0.3, -0.25) is 9.98 Å². The topological polar surface area (TPSA) is 89.0 Å². The van der Waals surface area contributed by atoms with Crippen molar-refractivity contribution in [3.05, 3.63) is 35.0 Å². The molecule has 20 heavy (non-hydrogen) atoms. The van der Waals surface area contributed by atoms with Crippen LogP contribution in [-0.2, 0) is 0 Å². The van der Waals surface area contributed by atoms with E-state index < -0.39 is 5.09 Å². The molecule has 1 aliphatic carbocycles. The zero-order valence-corrected chi connectivity index (χ0v) is 11.4. The van der Waals surface area contributed by atoms with E-state index in [1.54, 1.807) is 0 Å². The Morgan fingerprint density at radius 1 is 1.35 bits per heavy atom. The highest BCUT2D eigenvalue weighted by molar-refractivity contribution is 6.00. The van der Waals surface area contributed by atoms with Crippen LogP contribution in [0.1, 0.15) is 31.2 Å². The maximum atomic E-state index is 8.47. The fourth-order valence-corrected chi connectivity index (χ4v) is 2.97. The molecule has 108 valence electrons. The van der Waals surface area contributed by atoms with Crippen LogP contribution in [0, 0.1) is 4.91 Å². The molecule has 2 N–H and O–H groups in total. The van der Waals surface area contributed by atoms with Crippen molar-refractivity contribution < 1.29 is 15.5 Å². The molecular weight excluding hydrogens is 260 g/mol. The summed E-state index contributed by atoms with van der Waals surface area (Å²) in [6.45, 7) is 0.966. The predicted molar refractivity (Wildman–Crippen MR) is 71.8 cm³/mol. The van der Waals surface area contributed by atoms with Crippen molar-refractivity contribution in [2.45, 2.75) is 31.2 Å². The van der Waals surface area contributed by atoms with Gasteiger partial charge < -0.3 is 4.90 Å². The van der Waals surface area contributed by atoms with E-state index in [1.165, 1.54) is 25.7 Å². The highest BCUT2D eigenvalue weighted by atomic mass is 16.9. The molecule has 3 rings (SSSR count). The van der Waals surface area contributed by atoms with Crippen molar-refractivity contribution in [2.75, 3.05) is 13.6 Å². The fourth-order valence-electron chi connectivity index (χ4n) is 2.97. The molecule has 1 aromatic rings. The lowest BCUT2D eigenvalue weighted by atomic mass is 9.97. The zero-order valence-electron chi connectivity index (χ0n) is 11.4. The third kappa shape index (κ3) is 2.87. The van der Waals surface area contributed by atoms with E-state index in [9.17, 15) is 0 Å². The summed E-state index contributed by atoms with van der Waals surface area (Å²) < 4.78 is 0. The van der Waals surface area contributed by atoms with Crippen molar-refractivity contribution in [1.29, 1.82) is 0 Å². The normalized spacial score (nSPS) is 19.4. The summed E-state index contributed by atoms with van der Waals surface area (Å²) in [6.07, 6.45) is 8.99. The number of aliphatic imine (C=N–C) groups is 1. The number of amidine groups is 1. The molecule has 7 nitrogen and oxygen atoms in total. The second-order valence-corrected chi connectivity index (χ2v) is 5.12. The van der Waals surface area contributed by atoms with Gasteiger partial charge in [0.25, 0.3) is 0 Å². The summed E-state index contributed by atoms with van der Waals surface area (Å²) in [4.78, 5) is 19.8. The summed E-state index contributed by atoms with van der Waals surface area (Å²) >= 11 is 0. The van der Waals surface area contributed by atoms with Gasteiger partial charge in [-0.25, -0.2) is 10.4 Å². The van der Waals surface area contributed by atoms with Crippen LogP contribution in [0.2, 0.25) is 0 Å². The monoisotopic (exact) mass is 279 g/mol. The van der Waals surface area contributed by atoms with Crippen molar-refractivity contribution in [3.63, 3.8) is 0 Å². The van der Waals surface area contributed by atoms with E-state index in [4.69, 9.17) is 20.3 Å². The van der Waals surface area contributed by atoms with Gasteiger partial charge in [-0.05, 0) is 25.0 Å². The largest absolute Gasteiger partial charge is 0.472 e. The summed E-state index contributed by atoms with van der Waals surface area (Å²) in [5.74, 6) is 1.12. The second-order valence-electron chi connectivity index (χ2n) is 5.12. The first kappa shape index (κ1) is 14.2. The lowest BCUT2D eigenvalue weighted by Crippen LogP contribution is -2.44. The number of aromatic nitrogens is 1. The molecule has 1 aliphatic heterocycles. The van der Waals surface area contributed by atoms with Crippen molar-refractivity contribution in [1.82, 2.24) is 9.88 Å². The summed E-state index contributed by atoms with van der Waals surface area (Å²) in [7, 11) is 2.18. The SMILES string of the molecule is CN1C(c2cccnc2)=NCC12CCCC2.O=[N+](O)O. The van der Waals surface area contributed by atoms with Gasteiger partial charge in [0.05, 0.1) is 12.1 Å². The van der Waals surface area contributed by atoms with Gasteiger partial charge in [-0.2, -0.15) is 0 Å². The standard InChI is InChI=1S/C13H17N3.H2NO3/c1-16-12(11-5-4-8-14-9-11)15-10-13(16)6-2-3-7-13;2-1(3)4/h4-5,8-9H,2-3,6-7,10H2,1H3;(H2,2,3,4)/q;+1. The molecule has 1 spiro atoms. The van der Waals surface area contributed by atoms with Gasteiger partial charge in [-0.15, -0.1) is 0 Å². The Kier molecular flexibility index (Phi) is 4.16. The first-order valence-corrected chi connectivity index (χ1v) is 6.59. The molecular formula is C13H19N4O3+. The van der Waals surface area contributed by atoms with E-state index in [-0.39, 0.29) is 0 Å². The molecule has 0 atom stereocenters. The van der Waals surface area contributed by atoms with Gasteiger partial charge in [0.1, 0.15) is 10.7 Å². The molecule has 0 unspecified atom stereocenters. The maximum Gasteiger partial charge on any atom is 0.472 e. The number of pyridine rings is 1.